The van der Waals surface area contributed by atoms with E-state index in [2.05, 4.69) is 5.32 Å². The van der Waals surface area contributed by atoms with Gasteiger partial charge in [-0.2, -0.15) is 0 Å². The summed E-state index contributed by atoms with van der Waals surface area (Å²) < 4.78 is 0. The lowest BCUT2D eigenvalue weighted by Crippen LogP contribution is -2.40. The number of aliphatic carboxylic acids is 1. The first-order chi connectivity index (χ1) is 9.56. The fourth-order valence-corrected chi connectivity index (χ4v) is 1.87. The minimum atomic E-state index is -0.796. The Labute approximate surface area is 119 Å². The summed E-state index contributed by atoms with van der Waals surface area (Å²) in [5.74, 6) is -1.17. The zero-order chi connectivity index (χ0) is 15.0. The van der Waals surface area contributed by atoms with Crippen LogP contribution in [0.5, 0.6) is 0 Å². The molecule has 0 aromatic heterocycles. The molecule has 1 unspecified atom stereocenters. The second-order valence-electron chi connectivity index (χ2n) is 4.69. The Morgan fingerprint density at radius 1 is 1.30 bits per heavy atom. The van der Waals surface area contributed by atoms with Crippen molar-refractivity contribution in [1.82, 2.24) is 5.32 Å². The van der Waals surface area contributed by atoms with Crippen LogP contribution in [-0.4, -0.2) is 30.2 Å². The summed E-state index contributed by atoms with van der Waals surface area (Å²) in [6.07, 6.45) is 1.22. The lowest BCUT2D eigenvalue weighted by molar-refractivity contribution is -0.141. The van der Waals surface area contributed by atoms with Gasteiger partial charge in [-0.15, -0.1) is 0 Å². The maximum atomic E-state index is 12.1. The van der Waals surface area contributed by atoms with E-state index in [1.807, 2.05) is 37.3 Å². The van der Waals surface area contributed by atoms with Crippen molar-refractivity contribution in [1.29, 1.82) is 0 Å². The highest BCUT2D eigenvalue weighted by atomic mass is 16.4. The van der Waals surface area contributed by atoms with Crippen molar-refractivity contribution >= 4 is 17.7 Å². The van der Waals surface area contributed by atoms with E-state index in [-0.39, 0.29) is 11.9 Å². The molecule has 2 amide bonds. The maximum Gasteiger partial charge on any atom is 0.321 e. The van der Waals surface area contributed by atoms with Crippen LogP contribution in [-0.2, 0) is 4.79 Å². The smallest absolute Gasteiger partial charge is 0.321 e. The summed E-state index contributed by atoms with van der Waals surface area (Å²) in [6.45, 7) is 4.66. The number of carbonyl (C=O) groups excluding carboxylic acids is 1. The van der Waals surface area contributed by atoms with Crippen LogP contribution in [0.3, 0.4) is 0 Å². The predicted octanol–water partition coefficient (Wildman–Crippen LogP) is 2.72. The highest BCUT2D eigenvalue weighted by molar-refractivity contribution is 5.91. The number of hydrogen-bond acceptors (Lipinski definition) is 2. The van der Waals surface area contributed by atoms with Crippen molar-refractivity contribution in [2.75, 3.05) is 18.0 Å². The third-order valence-corrected chi connectivity index (χ3v) is 3.14. The van der Waals surface area contributed by atoms with Crippen LogP contribution in [0.15, 0.2) is 30.3 Å². The molecule has 0 saturated carbocycles. The molecule has 110 valence electrons. The second kappa shape index (κ2) is 8.19. The second-order valence-corrected chi connectivity index (χ2v) is 4.69. The first-order valence-corrected chi connectivity index (χ1v) is 6.89. The Hall–Kier alpha value is -2.04. The van der Waals surface area contributed by atoms with E-state index in [9.17, 15) is 9.59 Å². The lowest BCUT2D eigenvalue weighted by atomic mass is 10.1. The Bertz CT molecular complexity index is 434. The van der Waals surface area contributed by atoms with Crippen LogP contribution in [0.25, 0.3) is 0 Å². The number of amides is 2. The minimum absolute atomic E-state index is 0.151. The number of anilines is 1. The molecule has 0 spiro atoms. The van der Waals surface area contributed by atoms with Gasteiger partial charge in [0.05, 0.1) is 5.92 Å². The van der Waals surface area contributed by atoms with E-state index in [1.54, 1.807) is 11.8 Å². The number of benzene rings is 1. The molecule has 2 N–H and O–H groups in total. The quantitative estimate of drug-likeness (QED) is 0.753. The van der Waals surface area contributed by atoms with E-state index in [1.165, 1.54) is 0 Å². The van der Waals surface area contributed by atoms with Crippen LogP contribution < -0.4 is 10.2 Å². The topological polar surface area (TPSA) is 69.6 Å². The Balaban J connectivity index is 2.39. The molecule has 0 radical (unpaired) electrons. The minimum Gasteiger partial charge on any atom is -0.481 e. The predicted molar refractivity (Wildman–Crippen MR) is 78.9 cm³/mol. The number of carboxylic acid groups (broad SMARTS) is 1. The van der Waals surface area contributed by atoms with Crippen molar-refractivity contribution in [2.24, 2.45) is 5.92 Å². The van der Waals surface area contributed by atoms with Gasteiger partial charge in [-0.1, -0.05) is 25.1 Å². The van der Waals surface area contributed by atoms with E-state index in [0.29, 0.717) is 25.9 Å². The Morgan fingerprint density at radius 2 is 1.95 bits per heavy atom. The summed E-state index contributed by atoms with van der Waals surface area (Å²) in [4.78, 5) is 24.4. The monoisotopic (exact) mass is 278 g/mol. The zero-order valence-electron chi connectivity index (χ0n) is 12.0. The molecule has 0 aliphatic rings. The molecule has 0 aliphatic carbocycles. The van der Waals surface area contributed by atoms with Gasteiger partial charge in [0.1, 0.15) is 0 Å². The molecule has 0 fully saturated rings. The van der Waals surface area contributed by atoms with Gasteiger partial charge in [-0.3, -0.25) is 9.69 Å². The van der Waals surface area contributed by atoms with Crippen molar-refractivity contribution in [3.8, 4) is 0 Å². The largest absolute Gasteiger partial charge is 0.481 e. The molecule has 5 nitrogen and oxygen atoms in total. The normalized spacial score (nSPS) is 11.7. The standard InChI is InChI=1S/C15H22N2O3/c1-3-17(13-9-5-4-6-10-13)15(20)16-11-7-8-12(2)14(18)19/h4-6,9-10,12H,3,7-8,11H2,1-2H3,(H,16,20)(H,18,19). The van der Waals surface area contributed by atoms with Gasteiger partial charge in [-0.05, 0) is 31.9 Å². The highest BCUT2D eigenvalue weighted by Gasteiger charge is 2.13. The molecule has 20 heavy (non-hydrogen) atoms. The van der Waals surface area contributed by atoms with Gasteiger partial charge in [0.2, 0.25) is 0 Å². The molecular formula is C15H22N2O3. The van der Waals surface area contributed by atoms with Gasteiger partial charge >= 0.3 is 12.0 Å². The maximum absolute atomic E-state index is 12.1. The number of hydrogen-bond donors (Lipinski definition) is 2. The third-order valence-electron chi connectivity index (χ3n) is 3.14. The fourth-order valence-electron chi connectivity index (χ4n) is 1.87. The molecule has 1 atom stereocenters. The molecule has 1 aromatic carbocycles. The number of rotatable bonds is 7. The van der Waals surface area contributed by atoms with Crippen LogP contribution >= 0.6 is 0 Å². The van der Waals surface area contributed by atoms with Gasteiger partial charge in [0.25, 0.3) is 0 Å². The SMILES string of the molecule is CCN(C(=O)NCCCC(C)C(=O)O)c1ccccc1. The Morgan fingerprint density at radius 3 is 2.50 bits per heavy atom. The summed E-state index contributed by atoms with van der Waals surface area (Å²) in [5, 5.41) is 11.6. The van der Waals surface area contributed by atoms with E-state index >= 15 is 0 Å². The summed E-state index contributed by atoms with van der Waals surface area (Å²) >= 11 is 0. The molecule has 0 aliphatic heterocycles. The molecule has 1 rings (SSSR count). The van der Waals surface area contributed by atoms with Crippen molar-refractivity contribution in [3.63, 3.8) is 0 Å². The molecule has 1 aromatic rings. The first-order valence-electron chi connectivity index (χ1n) is 6.89. The number of urea groups is 1. The van der Waals surface area contributed by atoms with Crippen LogP contribution in [0.1, 0.15) is 26.7 Å². The van der Waals surface area contributed by atoms with Crippen LogP contribution in [0.2, 0.25) is 0 Å². The summed E-state index contributed by atoms with van der Waals surface area (Å²) in [5.41, 5.74) is 0.853. The molecule has 0 saturated heterocycles. The average molecular weight is 278 g/mol. The van der Waals surface area contributed by atoms with Crippen molar-refractivity contribution < 1.29 is 14.7 Å². The van der Waals surface area contributed by atoms with Gasteiger partial charge in [0, 0.05) is 18.8 Å². The number of nitrogens with one attached hydrogen (secondary N) is 1. The molecule has 0 heterocycles. The van der Waals surface area contributed by atoms with Crippen LogP contribution in [0.4, 0.5) is 10.5 Å². The Kier molecular flexibility index (Phi) is 6.56. The van der Waals surface area contributed by atoms with E-state index < -0.39 is 5.97 Å². The summed E-state index contributed by atoms with van der Waals surface area (Å²) in [6, 6.07) is 9.30. The van der Waals surface area contributed by atoms with Gasteiger partial charge in [-0.25, -0.2) is 4.79 Å². The van der Waals surface area contributed by atoms with Crippen LogP contribution in [0, 0.1) is 5.92 Å². The number of nitrogens with zero attached hydrogens (tertiary/aromatic N) is 1. The number of carbonyl (C=O) groups is 2. The van der Waals surface area contributed by atoms with Gasteiger partial charge in [0.15, 0.2) is 0 Å². The van der Waals surface area contributed by atoms with E-state index in [4.69, 9.17) is 5.11 Å². The number of para-hydroxylation sites is 1. The third kappa shape index (κ3) is 4.91. The fraction of sp³-hybridized carbons (Fsp3) is 0.467. The summed E-state index contributed by atoms with van der Waals surface area (Å²) in [7, 11) is 0. The molecule has 0 bridgehead atoms. The highest BCUT2D eigenvalue weighted by Crippen LogP contribution is 2.12. The zero-order valence-corrected chi connectivity index (χ0v) is 12.0. The number of carboxylic acids is 1. The first kappa shape index (κ1) is 16.0. The molecule has 5 heteroatoms. The van der Waals surface area contributed by atoms with E-state index in [0.717, 1.165) is 5.69 Å². The molecular weight excluding hydrogens is 256 g/mol. The van der Waals surface area contributed by atoms with Gasteiger partial charge < -0.3 is 10.4 Å². The lowest BCUT2D eigenvalue weighted by Gasteiger charge is -2.21. The average Bonchev–Trinajstić information content (AvgIpc) is 2.45. The van der Waals surface area contributed by atoms with Crippen molar-refractivity contribution in [2.45, 2.75) is 26.7 Å². The van der Waals surface area contributed by atoms with Crippen molar-refractivity contribution in [3.05, 3.63) is 30.3 Å².